The minimum atomic E-state index is -3.99. The van der Waals surface area contributed by atoms with Gasteiger partial charge >= 0.3 is 0 Å². The van der Waals surface area contributed by atoms with Crippen LogP contribution in [0.1, 0.15) is 9.67 Å². The Hall–Kier alpha value is -4.06. The molecule has 11 heteroatoms. The highest BCUT2D eigenvalue weighted by molar-refractivity contribution is 7.89. The number of nitrogens with zero attached hydrogens (tertiary/aromatic N) is 1. The Kier molecular flexibility index (Phi) is 6.92. The van der Waals surface area contributed by atoms with E-state index in [4.69, 9.17) is 5.14 Å². The zero-order chi connectivity index (χ0) is 25.0. The Bertz CT molecular complexity index is 1520. The summed E-state index contributed by atoms with van der Waals surface area (Å²) in [6.07, 6.45) is 0.573. The van der Waals surface area contributed by atoms with Crippen LogP contribution in [0.3, 0.4) is 0 Å². The fourth-order valence-corrected chi connectivity index (χ4v) is 5.13. The van der Waals surface area contributed by atoms with Crippen LogP contribution in [-0.4, -0.2) is 32.8 Å². The van der Waals surface area contributed by atoms with E-state index in [1.54, 1.807) is 73.8 Å². The third-order valence-electron chi connectivity index (χ3n) is 5.07. The number of carbonyl (C=O) groups excluding carboxylic acids is 2. The van der Waals surface area contributed by atoms with E-state index < -0.39 is 15.9 Å². The number of rotatable bonds is 8. The molecule has 0 aliphatic carbocycles. The molecule has 35 heavy (non-hydrogen) atoms. The van der Waals surface area contributed by atoms with E-state index in [0.717, 1.165) is 0 Å². The van der Waals surface area contributed by atoms with Gasteiger partial charge in [0.05, 0.1) is 10.6 Å². The predicted octanol–water partition coefficient (Wildman–Crippen LogP) is 3.99. The van der Waals surface area contributed by atoms with Crippen LogP contribution in [0.2, 0.25) is 0 Å². The second-order valence-corrected chi connectivity index (χ2v) is 9.86. The number of benzene rings is 3. The first-order valence-corrected chi connectivity index (χ1v) is 12.7. The van der Waals surface area contributed by atoms with Crippen molar-refractivity contribution in [3.8, 4) is 22.4 Å². The molecule has 5 N–H and O–H groups in total. The maximum Gasteiger partial charge on any atom is 0.268 e. The largest absolute Gasteiger partial charge is 0.365 e. The number of carbonyl (C=O) groups is 2. The van der Waals surface area contributed by atoms with Crippen LogP contribution in [0, 0.1) is 0 Å². The van der Waals surface area contributed by atoms with Gasteiger partial charge in [-0.05, 0) is 24.3 Å². The lowest BCUT2D eigenvalue weighted by molar-refractivity contribution is -0.105. The zero-order valence-electron chi connectivity index (χ0n) is 18.5. The number of thiazole rings is 1. The van der Waals surface area contributed by atoms with Crippen molar-refractivity contribution in [2.24, 2.45) is 5.14 Å². The van der Waals surface area contributed by atoms with E-state index in [0.29, 0.717) is 50.2 Å². The monoisotopic (exact) mass is 507 g/mol. The van der Waals surface area contributed by atoms with Crippen LogP contribution in [-0.2, 0) is 14.8 Å². The first-order chi connectivity index (χ1) is 16.8. The zero-order valence-corrected chi connectivity index (χ0v) is 20.1. The molecule has 0 saturated carbocycles. The minimum absolute atomic E-state index is 0.0443. The summed E-state index contributed by atoms with van der Waals surface area (Å²) < 4.78 is 24.3. The SMILES string of the molecule is CNc1nc(-c2cccc(NC=O)c2)c(C(=O)Nc2ccccc2-c2ccccc2S(N)(=O)=O)s1. The Morgan fingerprint density at radius 2 is 1.71 bits per heavy atom. The Labute approximate surface area is 206 Å². The average Bonchev–Trinajstić information content (AvgIpc) is 3.29. The molecule has 0 radical (unpaired) electrons. The lowest BCUT2D eigenvalue weighted by Crippen LogP contribution is -2.15. The smallest absolute Gasteiger partial charge is 0.268 e. The molecular formula is C24H21N5O4S2. The molecule has 0 aliphatic rings. The highest BCUT2D eigenvalue weighted by atomic mass is 32.2. The highest BCUT2D eigenvalue weighted by Crippen LogP contribution is 2.35. The molecule has 1 aromatic heterocycles. The van der Waals surface area contributed by atoms with E-state index >= 15 is 0 Å². The predicted molar refractivity (Wildman–Crippen MR) is 138 cm³/mol. The molecule has 3 aromatic carbocycles. The van der Waals surface area contributed by atoms with Gasteiger partial charge in [0.15, 0.2) is 5.13 Å². The summed E-state index contributed by atoms with van der Waals surface area (Å²) in [5.41, 5.74) is 2.94. The number of sulfonamides is 1. The molecule has 0 fully saturated rings. The number of amides is 2. The summed E-state index contributed by atoms with van der Waals surface area (Å²) >= 11 is 1.17. The van der Waals surface area contributed by atoms with Gasteiger partial charge in [-0.15, -0.1) is 0 Å². The molecule has 0 aliphatic heterocycles. The van der Waals surface area contributed by atoms with Crippen molar-refractivity contribution in [1.82, 2.24) is 4.98 Å². The van der Waals surface area contributed by atoms with Crippen molar-refractivity contribution in [1.29, 1.82) is 0 Å². The van der Waals surface area contributed by atoms with Gasteiger partial charge < -0.3 is 16.0 Å². The molecule has 4 rings (SSSR count). The van der Waals surface area contributed by atoms with Crippen molar-refractivity contribution in [2.45, 2.75) is 4.90 Å². The first kappa shape index (κ1) is 24.1. The third kappa shape index (κ3) is 5.22. The number of nitrogens with two attached hydrogens (primary N) is 1. The molecule has 0 unspecified atom stereocenters. The highest BCUT2D eigenvalue weighted by Gasteiger charge is 2.22. The van der Waals surface area contributed by atoms with Gasteiger partial charge in [0.2, 0.25) is 16.4 Å². The van der Waals surface area contributed by atoms with Gasteiger partial charge in [0.1, 0.15) is 4.88 Å². The number of hydrogen-bond acceptors (Lipinski definition) is 7. The van der Waals surface area contributed by atoms with E-state index in [1.165, 1.54) is 17.4 Å². The second-order valence-electron chi connectivity index (χ2n) is 7.33. The van der Waals surface area contributed by atoms with Crippen molar-refractivity contribution < 1.29 is 18.0 Å². The maximum atomic E-state index is 13.4. The van der Waals surface area contributed by atoms with Crippen LogP contribution < -0.4 is 21.1 Å². The van der Waals surface area contributed by atoms with Crippen LogP contribution in [0.4, 0.5) is 16.5 Å². The van der Waals surface area contributed by atoms with Crippen molar-refractivity contribution in [3.05, 3.63) is 77.7 Å². The molecule has 1 heterocycles. The number of anilines is 3. The summed E-state index contributed by atoms with van der Waals surface area (Å²) in [7, 11) is -2.29. The van der Waals surface area contributed by atoms with E-state index in [9.17, 15) is 18.0 Å². The van der Waals surface area contributed by atoms with E-state index in [1.807, 2.05) is 0 Å². The van der Waals surface area contributed by atoms with Crippen LogP contribution in [0.15, 0.2) is 77.7 Å². The number of hydrogen-bond donors (Lipinski definition) is 4. The second kappa shape index (κ2) is 10.1. The lowest BCUT2D eigenvalue weighted by atomic mass is 10.0. The summed E-state index contributed by atoms with van der Waals surface area (Å²) in [4.78, 5) is 29.1. The lowest BCUT2D eigenvalue weighted by Gasteiger charge is -2.14. The van der Waals surface area contributed by atoms with Gasteiger partial charge in [-0.25, -0.2) is 18.5 Å². The summed E-state index contributed by atoms with van der Waals surface area (Å²) in [5.74, 6) is -0.423. The summed E-state index contributed by atoms with van der Waals surface area (Å²) in [6, 6.07) is 20.2. The molecule has 2 amide bonds. The van der Waals surface area contributed by atoms with Crippen molar-refractivity contribution >= 4 is 50.2 Å². The molecule has 0 atom stereocenters. The number of primary sulfonamides is 1. The van der Waals surface area contributed by atoms with Crippen LogP contribution in [0.25, 0.3) is 22.4 Å². The Morgan fingerprint density at radius 1 is 1.00 bits per heavy atom. The van der Waals surface area contributed by atoms with E-state index in [2.05, 4.69) is 20.9 Å². The number of aromatic nitrogens is 1. The van der Waals surface area contributed by atoms with Gasteiger partial charge in [0.25, 0.3) is 5.91 Å². The fourth-order valence-electron chi connectivity index (χ4n) is 3.54. The topological polar surface area (TPSA) is 143 Å². The fraction of sp³-hybridized carbons (Fsp3) is 0.0417. The van der Waals surface area contributed by atoms with Crippen molar-refractivity contribution in [2.75, 3.05) is 23.0 Å². The van der Waals surface area contributed by atoms with Crippen LogP contribution >= 0.6 is 11.3 Å². The Morgan fingerprint density at radius 3 is 2.43 bits per heavy atom. The first-order valence-electron chi connectivity index (χ1n) is 10.3. The van der Waals surface area contributed by atoms with E-state index in [-0.39, 0.29) is 4.90 Å². The van der Waals surface area contributed by atoms with Gasteiger partial charge in [-0.3, -0.25) is 9.59 Å². The van der Waals surface area contributed by atoms with Crippen molar-refractivity contribution in [3.63, 3.8) is 0 Å². The maximum absolute atomic E-state index is 13.4. The standard InChI is InChI=1S/C24H21N5O4S2/c1-26-24-29-21(15-7-6-8-16(13-15)27-14-30)22(34-24)23(31)28-19-11-4-2-9-17(19)18-10-3-5-12-20(18)35(25,32)33/h2-14H,1H3,(H,26,29)(H,27,30)(H,28,31)(H2,25,32,33). The number of para-hydroxylation sites is 1. The normalized spacial score (nSPS) is 11.0. The summed E-state index contributed by atoms with van der Waals surface area (Å²) in [6.45, 7) is 0. The summed E-state index contributed by atoms with van der Waals surface area (Å²) in [5, 5.41) is 14.4. The Balaban J connectivity index is 1.75. The molecule has 4 aromatic rings. The molecule has 178 valence electrons. The molecular weight excluding hydrogens is 486 g/mol. The number of nitrogens with one attached hydrogen (secondary N) is 3. The molecule has 0 spiro atoms. The van der Waals surface area contributed by atoms with Gasteiger partial charge in [-0.1, -0.05) is 59.9 Å². The minimum Gasteiger partial charge on any atom is -0.365 e. The molecule has 9 nitrogen and oxygen atoms in total. The average molecular weight is 508 g/mol. The quantitative estimate of drug-likeness (QED) is 0.266. The molecule has 0 bridgehead atoms. The van der Waals surface area contributed by atoms with Gasteiger partial charge in [-0.2, -0.15) is 0 Å². The third-order valence-corrected chi connectivity index (χ3v) is 7.11. The van der Waals surface area contributed by atoms with Gasteiger partial charge in [0, 0.05) is 35.1 Å². The van der Waals surface area contributed by atoms with Crippen LogP contribution in [0.5, 0.6) is 0 Å². The molecule has 0 saturated heterocycles.